The molecule has 1 atom stereocenters. The van der Waals surface area contributed by atoms with Crippen molar-refractivity contribution in [3.05, 3.63) is 23.8 Å². The van der Waals surface area contributed by atoms with Crippen molar-refractivity contribution in [3.63, 3.8) is 0 Å². The van der Waals surface area contributed by atoms with E-state index in [0.717, 1.165) is 5.56 Å². The Morgan fingerprint density at radius 1 is 1.31 bits per heavy atom. The van der Waals surface area contributed by atoms with Crippen molar-refractivity contribution >= 4 is 0 Å². The van der Waals surface area contributed by atoms with Gasteiger partial charge in [-0.3, -0.25) is 0 Å². The summed E-state index contributed by atoms with van der Waals surface area (Å²) in [7, 11) is 3.10. The van der Waals surface area contributed by atoms with E-state index in [0.29, 0.717) is 24.3 Å². The van der Waals surface area contributed by atoms with Gasteiger partial charge in [-0.15, -0.1) is 0 Å². The van der Waals surface area contributed by atoms with Gasteiger partial charge in [0, 0.05) is 6.42 Å². The van der Waals surface area contributed by atoms with Gasteiger partial charge in [0.05, 0.1) is 26.4 Å². The number of nitrogens with zero attached hydrogens (tertiary/aromatic N) is 1. The van der Waals surface area contributed by atoms with Crippen molar-refractivity contribution in [2.45, 2.75) is 18.9 Å². The van der Waals surface area contributed by atoms with Crippen LogP contribution in [0.25, 0.3) is 0 Å². The molecule has 1 aromatic carbocycles. The van der Waals surface area contributed by atoms with Crippen molar-refractivity contribution in [3.8, 4) is 17.6 Å². The number of methoxy groups -OCH3 is 2. The first-order valence-electron chi connectivity index (χ1n) is 5.00. The quantitative estimate of drug-likeness (QED) is 0.826. The van der Waals surface area contributed by atoms with Crippen molar-refractivity contribution in [2.24, 2.45) is 0 Å². The van der Waals surface area contributed by atoms with E-state index in [2.05, 4.69) is 0 Å². The van der Waals surface area contributed by atoms with Crippen LogP contribution in [0.15, 0.2) is 18.2 Å². The maximum Gasteiger partial charge on any atom is 0.161 e. The van der Waals surface area contributed by atoms with Crippen molar-refractivity contribution in [2.75, 3.05) is 14.2 Å². The van der Waals surface area contributed by atoms with E-state index < -0.39 is 6.10 Å². The molecule has 0 aliphatic carbocycles. The lowest BCUT2D eigenvalue weighted by atomic mass is 10.0. The zero-order chi connectivity index (χ0) is 12.0. The van der Waals surface area contributed by atoms with Crippen LogP contribution < -0.4 is 9.47 Å². The summed E-state index contributed by atoms with van der Waals surface area (Å²) in [4.78, 5) is 0. The van der Waals surface area contributed by atoms with E-state index >= 15 is 0 Å². The summed E-state index contributed by atoms with van der Waals surface area (Å²) < 4.78 is 10.2. The maximum atomic E-state index is 9.79. The molecule has 0 heterocycles. The van der Waals surface area contributed by atoms with Gasteiger partial charge >= 0.3 is 0 Å². The second kappa shape index (κ2) is 5.99. The molecule has 16 heavy (non-hydrogen) atoms. The molecule has 0 aliphatic heterocycles. The molecule has 0 unspecified atom stereocenters. The van der Waals surface area contributed by atoms with Gasteiger partial charge in [0.1, 0.15) is 0 Å². The van der Waals surface area contributed by atoms with E-state index in [4.69, 9.17) is 14.7 Å². The lowest BCUT2D eigenvalue weighted by Crippen LogP contribution is -1.99. The Morgan fingerprint density at radius 3 is 2.56 bits per heavy atom. The number of ether oxygens (including phenoxy) is 2. The van der Waals surface area contributed by atoms with Gasteiger partial charge in [-0.1, -0.05) is 6.07 Å². The Labute approximate surface area is 95.0 Å². The molecule has 4 heteroatoms. The molecule has 0 fully saturated rings. The summed E-state index contributed by atoms with van der Waals surface area (Å²) in [5.74, 6) is 1.20. The zero-order valence-corrected chi connectivity index (χ0v) is 9.43. The van der Waals surface area contributed by atoms with Gasteiger partial charge in [-0.25, -0.2) is 0 Å². The Hall–Kier alpha value is -1.73. The molecule has 1 N–H and O–H groups in total. The first-order chi connectivity index (χ1) is 7.72. The number of hydrogen-bond acceptors (Lipinski definition) is 4. The summed E-state index contributed by atoms with van der Waals surface area (Å²) in [6.07, 6.45) is 0.112. The molecule has 0 spiro atoms. The number of aliphatic hydroxyl groups excluding tert-OH is 1. The summed E-state index contributed by atoms with van der Waals surface area (Å²) in [5.41, 5.74) is 0.730. The Kier molecular flexibility index (Phi) is 4.62. The fourth-order valence-corrected chi connectivity index (χ4v) is 1.43. The fourth-order valence-electron chi connectivity index (χ4n) is 1.43. The second-order valence-corrected chi connectivity index (χ2v) is 3.33. The summed E-state index contributed by atoms with van der Waals surface area (Å²) in [5, 5.41) is 18.2. The summed E-state index contributed by atoms with van der Waals surface area (Å²) in [6.45, 7) is 0. The minimum absolute atomic E-state index is 0.329. The van der Waals surface area contributed by atoms with E-state index in [-0.39, 0.29) is 0 Å². The summed E-state index contributed by atoms with van der Waals surface area (Å²) in [6, 6.07) is 7.23. The highest BCUT2D eigenvalue weighted by Gasteiger charge is 2.11. The number of rotatable bonds is 5. The molecule has 0 saturated carbocycles. The number of nitriles is 1. The van der Waals surface area contributed by atoms with Gasteiger partial charge in [0.2, 0.25) is 0 Å². The zero-order valence-electron chi connectivity index (χ0n) is 9.43. The van der Waals surface area contributed by atoms with Crippen molar-refractivity contribution < 1.29 is 14.6 Å². The van der Waals surface area contributed by atoms with Crippen LogP contribution >= 0.6 is 0 Å². The summed E-state index contributed by atoms with van der Waals surface area (Å²) >= 11 is 0. The van der Waals surface area contributed by atoms with Crippen molar-refractivity contribution in [1.82, 2.24) is 0 Å². The fraction of sp³-hybridized carbons (Fsp3) is 0.417. The normalized spacial score (nSPS) is 11.6. The third-order valence-corrected chi connectivity index (χ3v) is 2.32. The van der Waals surface area contributed by atoms with Crippen LogP contribution in [-0.2, 0) is 0 Å². The van der Waals surface area contributed by atoms with Crippen LogP contribution in [0.4, 0.5) is 0 Å². The minimum Gasteiger partial charge on any atom is -0.493 e. The monoisotopic (exact) mass is 221 g/mol. The number of aliphatic hydroxyl groups is 1. The van der Waals surface area contributed by atoms with E-state index in [1.807, 2.05) is 6.07 Å². The Morgan fingerprint density at radius 2 is 2.00 bits per heavy atom. The average molecular weight is 221 g/mol. The van der Waals surface area contributed by atoms with Crippen LogP contribution in [0, 0.1) is 11.3 Å². The lowest BCUT2D eigenvalue weighted by molar-refractivity contribution is 0.168. The molecule has 0 bridgehead atoms. The van der Waals surface area contributed by atoms with E-state index in [1.165, 1.54) is 0 Å². The maximum absolute atomic E-state index is 9.79. The Bertz CT molecular complexity index is 384. The second-order valence-electron chi connectivity index (χ2n) is 3.33. The van der Waals surface area contributed by atoms with Gasteiger partial charge in [-0.2, -0.15) is 5.26 Å². The molecule has 4 nitrogen and oxygen atoms in total. The number of hydrogen-bond donors (Lipinski definition) is 1. The molecular formula is C12H15NO3. The SMILES string of the molecule is COc1ccc([C@@H](O)CCC#N)cc1OC. The predicted molar refractivity (Wildman–Crippen MR) is 59.4 cm³/mol. The molecule has 0 aromatic heterocycles. The topological polar surface area (TPSA) is 62.5 Å². The standard InChI is InChI=1S/C12H15NO3/c1-15-11-6-5-9(8-12(11)16-2)10(14)4-3-7-13/h5-6,8,10,14H,3-4H2,1-2H3/t10-/m0/s1. The van der Waals surface area contributed by atoms with Gasteiger partial charge in [0.15, 0.2) is 11.5 Å². The van der Waals surface area contributed by atoms with Gasteiger partial charge in [0.25, 0.3) is 0 Å². The van der Waals surface area contributed by atoms with Crippen LogP contribution in [0.5, 0.6) is 11.5 Å². The number of benzene rings is 1. The smallest absolute Gasteiger partial charge is 0.161 e. The van der Waals surface area contributed by atoms with E-state index in [9.17, 15) is 5.11 Å². The highest BCUT2D eigenvalue weighted by molar-refractivity contribution is 5.43. The Balaban J connectivity index is 2.86. The highest BCUT2D eigenvalue weighted by atomic mass is 16.5. The third-order valence-electron chi connectivity index (χ3n) is 2.32. The van der Waals surface area contributed by atoms with Crippen LogP contribution in [0.3, 0.4) is 0 Å². The third kappa shape index (κ3) is 2.88. The van der Waals surface area contributed by atoms with Crippen LogP contribution in [0.2, 0.25) is 0 Å². The van der Waals surface area contributed by atoms with Crippen molar-refractivity contribution in [1.29, 1.82) is 5.26 Å². The minimum atomic E-state index is -0.639. The molecule has 1 rings (SSSR count). The molecule has 0 aliphatic rings. The van der Waals surface area contributed by atoms with Crippen LogP contribution in [0.1, 0.15) is 24.5 Å². The molecule has 86 valence electrons. The molecule has 0 amide bonds. The average Bonchev–Trinajstić information content (AvgIpc) is 2.34. The highest BCUT2D eigenvalue weighted by Crippen LogP contribution is 2.30. The first kappa shape index (κ1) is 12.3. The molecule has 1 aromatic rings. The van der Waals surface area contributed by atoms with Gasteiger partial charge < -0.3 is 14.6 Å². The predicted octanol–water partition coefficient (Wildman–Crippen LogP) is 2.04. The lowest BCUT2D eigenvalue weighted by Gasteiger charge is -2.12. The first-order valence-corrected chi connectivity index (χ1v) is 5.00. The van der Waals surface area contributed by atoms with Gasteiger partial charge in [-0.05, 0) is 24.1 Å². The molecule has 0 radical (unpaired) electrons. The molecular weight excluding hydrogens is 206 g/mol. The molecule has 0 saturated heterocycles. The van der Waals surface area contributed by atoms with Crippen LogP contribution in [-0.4, -0.2) is 19.3 Å². The van der Waals surface area contributed by atoms with E-state index in [1.54, 1.807) is 32.4 Å². The largest absolute Gasteiger partial charge is 0.493 e.